The summed E-state index contributed by atoms with van der Waals surface area (Å²) in [5, 5.41) is 9.85. The molecule has 2 aliphatic heterocycles. The molecule has 2 fully saturated rings. The number of nitrogens with zero attached hydrogens (tertiary/aromatic N) is 4. The summed E-state index contributed by atoms with van der Waals surface area (Å²) in [6.45, 7) is 9.43. The molecule has 9 heteroatoms. The molecule has 0 atom stereocenters. The molecule has 0 unspecified atom stereocenters. The Bertz CT molecular complexity index is 1340. The average molecular weight is 565 g/mol. The van der Waals surface area contributed by atoms with E-state index in [1.165, 1.54) is 17.3 Å². The number of carbonyl (C=O) groups excluding carboxylic acids is 1. The lowest BCUT2D eigenvalue weighted by Crippen LogP contribution is -2.39. The van der Waals surface area contributed by atoms with Gasteiger partial charge < -0.3 is 9.64 Å². The molecule has 0 spiro atoms. The fraction of sp³-hybridized carbons (Fsp3) is 0.467. The van der Waals surface area contributed by atoms with Crippen molar-refractivity contribution in [2.24, 2.45) is 5.92 Å². The highest BCUT2D eigenvalue weighted by atomic mass is 32.2. The molecule has 2 aromatic rings. The number of rotatable bonds is 10. The number of ether oxygens (including phenoxy) is 1. The molecule has 0 saturated carbocycles. The number of anilines is 1. The van der Waals surface area contributed by atoms with E-state index in [9.17, 15) is 14.9 Å². The first-order chi connectivity index (χ1) is 18.9. The molecule has 1 amide bonds. The van der Waals surface area contributed by atoms with Crippen LogP contribution in [0.25, 0.3) is 6.08 Å². The predicted molar refractivity (Wildman–Crippen MR) is 162 cm³/mol. The Morgan fingerprint density at radius 1 is 1.18 bits per heavy atom. The van der Waals surface area contributed by atoms with Crippen molar-refractivity contribution in [1.82, 2.24) is 9.47 Å². The maximum absolute atomic E-state index is 13.3. The Labute approximate surface area is 240 Å². The highest BCUT2D eigenvalue weighted by Gasteiger charge is 2.33. The van der Waals surface area contributed by atoms with Crippen LogP contribution in [0.1, 0.15) is 55.4 Å². The van der Waals surface area contributed by atoms with E-state index >= 15 is 0 Å². The molecule has 2 aliphatic rings. The third-order valence-corrected chi connectivity index (χ3v) is 8.85. The van der Waals surface area contributed by atoms with Gasteiger partial charge in [-0.3, -0.25) is 19.1 Å². The second-order valence-corrected chi connectivity index (χ2v) is 11.6. The highest BCUT2D eigenvalue weighted by molar-refractivity contribution is 8.26. The zero-order valence-electron chi connectivity index (χ0n) is 22.9. The number of aromatic nitrogens is 1. The van der Waals surface area contributed by atoms with E-state index < -0.39 is 0 Å². The smallest absolute Gasteiger partial charge is 0.270 e. The quantitative estimate of drug-likeness (QED) is 0.225. The third-order valence-electron chi connectivity index (χ3n) is 7.47. The number of carbonyl (C=O) groups is 1. The van der Waals surface area contributed by atoms with Crippen molar-refractivity contribution < 1.29 is 9.53 Å². The molecular formula is C30H36N4O3S2. The van der Waals surface area contributed by atoms with Crippen LogP contribution < -0.4 is 10.5 Å². The van der Waals surface area contributed by atoms with Crippen molar-refractivity contribution >= 4 is 46.1 Å². The average Bonchev–Trinajstić information content (AvgIpc) is 3.21. The highest BCUT2D eigenvalue weighted by Crippen LogP contribution is 2.37. The molecule has 39 heavy (non-hydrogen) atoms. The van der Waals surface area contributed by atoms with Gasteiger partial charge in [-0.25, -0.2) is 0 Å². The van der Waals surface area contributed by atoms with Crippen LogP contribution >= 0.6 is 24.0 Å². The minimum Gasteiger partial charge on any atom is -0.382 e. The molecule has 2 saturated heterocycles. The summed E-state index contributed by atoms with van der Waals surface area (Å²) >= 11 is 6.81. The van der Waals surface area contributed by atoms with Crippen LogP contribution in [0.4, 0.5) is 5.82 Å². The van der Waals surface area contributed by atoms with Gasteiger partial charge in [0.25, 0.3) is 11.5 Å². The van der Waals surface area contributed by atoms with Gasteiger partial charge in [-0.05, 0) is 69.6 Å². The van der Waals surface area contributed by atoms with E-state index in [-0.39, 0.29) is 17.0 Å². The largest absolute Gasteiger partial charge is 0.382 e. The number of hydrogen-bond acceptors (Lipinski definition) is 7. The number of pyridine rings is 1. The molecule has 0 bridgehead atoms. The lowest BCUT2D eigenvalue weighted by molar-refractivity contribution is -0.122. The SMILES string of the molecule is CCOCCCN1C(=O)/C(=C/c2c(C)c(C#N)c(=O)n(CC)c2N2CCC(Cc3ccccc3)CC2)SC1=S. The topological polar surface area (TPSA) is 78.6 Å². The number of nitriles is 1. The molecule has 0 radical (unpaired) electrons. The van der Waals surface area contributed by atoms with Crippen molar-refractivity contribution in [2.75, 3.05) is 37.7 Å². The van der Waals surface area contributed by atoms with Gasteiger partial charge in [0.15, 0.2) is 0 Å². The number of amides is 1. The van der Waals surface area contributed by atoms with Gasteiger partial charge in [0.1, 0.15) is 21.8 Å². The second kappa shape index (κ2) is 13.4. The summed E-state index contributed by atoms with van der Waals surface area (Å²) in [4.78, 5) is 31.1. The molecule has 0 N–H and O–H groups in total. The van der Waals surface area contributed by atoms with E-state index in [0.717, 1.165) is 43.7 Å². The molecule has 0 aliphatic carbocycles. The minimum atomic E-state index is -0.278. The van der Waals surface area contributed by atoms with Gasteiger partial charge in [-0.2, -0.15) is 5.26 Å². The fourth-order valence-corrected chi connectivity index (χ4v) is 6.66. The lowest BCUT2D eigenvalue weighted by atomic mass is 9.90. The van der Waals surface area contributed by atoms with Crippen molar-refractivity contribution in [2.45, 2.75) is 53.0 Å². The van der Waals surface area contributed by atoms with Crippen LogP contribution in [0.2, 0.25) is 0 Å². The fourth-order valence-electron chi connectivity index (χ4n) is 5.37. The zero-order chi connectivity index (χ0) is 27.9. The number of thiocarbonyl (C=S) groups is 1. The summed E-state index contributed by atoms with van der Waals surface area (Å²) in [7, 11) is 0. The number of piperidine rings is 1. The van der Waals surface area contributed by atoms with E-state index in [4.69, 9.17) is 17.0 Å². The molecular weight excluding hydrogens is 528 g/mol. The van der Waals surface area contributed by atoms with Gasteiger partial charge >= 0.3 is 0 Å². The van der Waals surface area contributed by atoms with Crippen LogP contribution in [0.15, 0.2) is 40.0 Å². The first-order valence-electron chi connectivity index (χ1n) is 13.7. The van der Waals surface area contributed by atoms with Crippen molar-refractivity contribution in [1.29, 1.82) is 5.26 Å². The molecule has 1 aromatic carbocycles. The van der Waals surface area contributed by atoms with Crippen molar-refractivity contribution in [3.05, 3.63) is 67.8 Å². The van der Waals surface area contributed by atoms with Crippen LogP contribution in [0, 0.1) is 24.2 Å². The van der Waals surface area contributed by atoms with Crippen LogP contribution in [-0.2, 0) is 22.5 Å². The Hall–Kier alpha value is -2.93. The Kier molecular flexibility index (Phi) is 10.0. The van der Waals surface area contributed by atoms with E-state index in [0.29, 0.717) is 53.4 Å². The number of benzene rings is 1. The Morgan fingerprint density at radius 2 is 1.90 bits per heavy atom. The maximum Gasteiger partial charge on any atom is 0.270 e. The monoisotopic (exact) mass is 564 g/mol. The van der Waals surface area contributed by atoms with Gasteiger partial charge in [0.05, 0.1) is 4.91 Å². The van der Waals surface area contributed by atoms with Crippen molar-refractivity contribution in [3.8, 4) is 6.07 Å². The normalized spacial score (nSPS) is 17.3. The van der Waals surface area contributed by atoms with E-state index in [2.05, 4.69) is 35.2 Å². The first-order valence-corrected chi connectivity index (χ1v) is 14.9. The van der Waals surface area contributed by atoms with Crippen molar-refractivity contribution in [3.63, 3.8) is 0 Å². The van der Waals surface area contributed by atoms with Crippen LogP contribution in [0.5, 0.6) is 0 Å². The van der Waals surface area contributed by atoms with Crippen LogP contribution in [0.3, 0.4) is 0 Å². The molecule has 3 heterocycles. The lowest BCUT2D eigenvalue weighted by Gasteiger charge is -2.36. The number of hydrogen-bond donors (Lipinski definition) is 0. The second-order valence-electron chi connectivity index (χ2n) is 9.90. The van der Waals surface area contributed by atoms with Gasteiger partial charge in [-0.15, -0.1) is 0 Å². The first kappa shape index (κ1) is 29.1. The maximum atomic E-state index is 13.3. The summed E-state index contributed by atoms with van der Waals surface area (Å²) in [6, 6.07) is 12.7. The minimum absolute atomic E-state index is 0.123. The van der Waals surface area contributed by atoms with Crippen LogP contribution in [-0.4, -0.2) is 52.5 Å². The molecule has 4 rings (SSSR count). The summed E-state index contributed by atoms with van der Waals surface area (Å²) < 4.78 is 7.63. The standard InChI is InChI=1S/C30H36N4O3S2/c1-4-33-27(32-15-12-23(13-16-32)18-22-10-7-6-8-11-22)24(21(3)25(20-31)28(33)35)19-26-29(36)34(30(38)39-26)14-9-17-37-5-2/h6-8,10-11,19,23H,4-5,9,12-18H2,1-3H3/b26-19-. The van der Waals surface area contributed by atoms with E-state index in [1.807, 2.05) is 26.0 Å². The van der Waals surface area contributed by atoms with Gasteiger partial charge in [-0.1, -0.05) is 54.3 Å². The summed E-state index contributed by atoms with van der Waals surface area (Å²) in [6.07, 6.45) is 5.60. The third kappa shape index (κ3) is 6.46. The molecule has 7 nitrogen and oxygen atoms in total. The predicted octanol–water partition coefficient (Wildman–Crippen LogP) is 5.14. The number of thioether (sulfide) groups is 1. The summed E-state index contributed by atoms with van der Waals surface area (Å²) in [5.41, 5.74) is 2.55. The molecule has 206 valence electrons. The zero-order valence-corrected chi connectivity index (χ0v) is 24.6. The van der Waals surface area contributed by atoms with Gasteiger partial charge in [0.2, 0.25) is 0 Å². The Balaban J connectivity index is 1.65. The van der Waals surface area contributed by atoms with Gasteiger partial charge in [0, 0.05) is 45.0 Å². The summed E-state index contributed by atoms with van der Waals surface area (Å²) in [5.74, 6) is 1.22. The molecule has 1 aromatic heterocycles. The van der Waals surface area contributed by atoms with E-state index in [1.54, 1.807) is 16.4 Å². The Morgan fingerprint density at radius 3 is 2.54 bits per heavy atom.